The fourth-order valence-corrected chi connectivity index (χ4v) is 1.41. The highest BCUT2D eigenvalue weighted by Gasteiger charge is 2.18. The van der Waals surface area contributed by atoms with Gasteiger partial charge in [-0.1, -0.05) is 12.1 Å². The van der Waals surface area contributed by atoms with E-state index in [0.29, 0.717) is 0 Å². The van der Waals surface area contributed by atoms with E-state index in [-0.39, 0.29) is 24.0 Å². The van der Waals surface area contributed by atoms with Crippen molar-refractivity contribution in [3.63, 3.8) is 0 Å². The fraction of sp³-hybridized carbons (Fsp3) is 0.250. The number of ether oxygens (including phenoxy) is 1. The maximum atomic E-state index is 10.6. The number of phosphoric acid groups is 1. The predicted octanol–water partition coefficient (Wildman–Crippen LogP) is 1.78. The van der Waals surface area contributed by atoms with E-state index in [2.05, 4.69) is 4.52 Å². The third-order valence-corrected chi connectivity index (χ3v) is 1.99. The molecule has 1 rings (SSSR count). The third-order valence-electron chi connectivity index (χ3n) is 1.40. The van der Waals surface area contributed by atoms with Crippen molar-refractivity contribution in [2.24, 2.45) is 0 Å². The first-order valence-corrected chi connectivity index (χ1v) is 6.12. The first-order chi connectivity index (χ1) is 7.03. The molecule has 0 aliphatic carbocycles. The van der Waals surface area contributed by atoms with Gasteiger partial charge in [-0.3, -0.25) is 9.79 Å². The first-order valence-electron chi connectivity index (χ1n) is 4.06. The van der Waals surface area contributed by atoms with Gasteiger partial charge in [0.25, 0.3) is 0 Å². The lowest BCUT2D eigenvalue weighted by Gasteiger charge is -2.11. The zero-order valence-electron chi connectivity index (χ0n) is 7.67. The zero-order chi connectivity index (χ0) is 11.3. The number of phosphoric ester groups is 1. The minimum atomic E-state index is -4.56. The highest BCUT2D eigenvalue weighted by molar-refractivity contribution is 7.46. The summed E-state index contributed by atoms with van der Waals surface area (Å²) < 4.78 is 20.2. The van der Waals surface area contributed by atoms with Crippen LogP contribution in [0, 0.1) is 0 Å². The summed E-state index contributed by atoms with van der Waals surface area (Å²) in [6.07, 6.45) is 0. The van der Waals surface area contributed by atoms with Crippen molar-refractivity contribution in [1.29, 1.82) is 0 Å². The van der Waals surface area contributed by atoms with Crippen LogP contribution in [0.25, 0.3) is 0 Å². The van der Waals surface area contributed by atoms with Gasteiger partial charge in [-0.2, -0.15) is 0 Å². The number of alkyl halides is 1. The summed E-state index contributed by atoms with van der Waals surface area (Å²) in [6.45, 7) is 0.239. The molecule has 15 heavy (non-hydrogen) atoms. The van der Waals surface area contributed by atoms with E-state index in [1.165, 1.54) is 12.1 Å². The van der Waals surface area contributed by atoms with Crippen molar-refractivity contribution in [2.75, 3.05) is 12.5 Å². The predicted molar refractivity (Wildman–Crippen MR) is 55.3 cm³/mol. The highest BCUT2D eigenvalue weighted by Crippen LogP contribution is 2.41. The molecule has 0 saturated heterocycles. The largest absolute Gasteiger partial charge is 0.524 e. The molecule has 0 unspecified atom stereocenters. The topological polar surface area (TPSA) is 76.0 Å². The number of para-hydroxylation sites is 2. The Bertz CT molecular complexity index is 364. The molecule has 0 saturated carbocycles. The summed E-state index contributed by atoms with van der Waals surface area (Å²) in [5.41, 5.74) is 0. The molecule has 0 fully saturated rings. The van der Waals surface area contributed by atoms with Gasteiger partial charge in [-0.05, 0) is 12.1 Å². The Labute approximate surface area is 91.8 Å². The lowest BCUT2D eigenvalue weighted by molar-refractivity contribution is 0.270. The van der Waals surface area contributed by atoms with E-state index in [0.717, 1.165) is 0 Å². The Kier molecular flexibility index (Phi) is 4.42. The normalized spacial score (nSPS) is 11.1. The Morgan fingerprint density at radius 3 is 2.40 bits per heavy atom. The molecule has 0 aromatic heterocycles. The Morgan fingerprint density at radius 2 is 1.87 bits per heavy atom. The molecule has 0 aliphatic heterocycles. The molecule has 7 heteroatoms. The number of halogens is 1. The van der Waals surface area contributed by atoms with Crippen LogP contribution < -0.4 is 9.26 Å². The van der Waals surface area contributed by atoms with Crippen LogP contribution in [0.2, 0.25) is 0 Å². The van der Waals surface area contributed by atoms with Gasteiger partial charge >= 0.3 is 7.82 Å². The Balaban J connectivity index is 2.81. The summed E-state index contributed by atoms with van der Waals surface area (Å²) in [5, 5.41) is 0. The molecule has 0 aliphatic rings. The monoisotopic (exact) mass is 252 g/mol. The number of hydrogen-bond acceptors (Lipinski definition) is 3. The zero-order valence-corrected chi connectivity index (χ0v) is 9.32. The molecule has 0 spiro atoms. The Hall–Kier alpha value is -0.740. The smallest absolute Gasteiger partial charge is 0.488 e. The number of benzene rings is 1. The molecular formula is C8H10ClO5P. The van der Waals surface area contributed by atoms with E-state index < -0.39 is 7.82 Å². The van der Waals surface area contributed by atoms with Crippen LogP contribution in [0.15, 0.2) is 24.3 Å². The van der Waals surface area contributed by atoms with Crippen molar-refractivity contribution >= 4 is 19.4 Å². The minimum absolute atomic E-state index is 0.00375. The average Bonchev–Trinajstić information content (AvgIpc) is 2.14. The summed E-state index contributed by atoms with van der Waals surface area (Å²) in [6, 6.07) is 6.19. The maximum absolute atomic E-state index is 10.6. The molecule has 0 radical (unpaired) electrons. The molecule has 5 nitrogen and oxygen atoms in total. The van der Waals surface area contributed by atoms with Crippen molar-refractivity contribution in [3.05, 3.63) is 24.3 Å². The summed E-state index contributed by atoms with van der Waals surface area (Å²) in [5.74, 6) is 0.530. The second-order valence-corrected chi connectivity index (χ2v) is 4.11. The summed E-state index contributed by atoms with van der Waals surface area (Å²) in [4.78, 5) is 17.3. The first kappa shape index (κ1) is 12.3. The van der Waals surface area contributed by atoms with Gasteiger partial charge in [-0.15, -0.1) is 11.6 Å². The molecule has 0 bridgehead atoms. The standard InChI is InChI=1S/C8H10ClO5P/c9-5-6-13-7-3-1-2-4-8(7)14-15(10,11)12/h1-4H,5-6H2,(H2,10,11,12). The van der Waals surface area contributed by atoms with Gasteiger partial charge in [0.2, 0.25) is 0 Å². The number of hydrogen-bond donors (Lipinski definition) is 2. The van der Waals surface area contributed by atoms with Crippen molar-refractivity contribution in [3.8, 4) is 11.5 Å². The average molecular weight is 253 g/mol. The molecule has 0 amide bonds. The van der Waals surface area contributed by atoms with Crippen molar-refractivity contribution < 1.29 is 23.6 Å². The minimum Gasteiger partial charge on any atom is -0.488 e. The van der Waals surface area contributed by atoms with Crippen molar-refractivity contribution in [1.82, 2.24) is 0 Å². The second-order valence-electron chi connectivity index (χ2n) is 2.57. The molecule has 84 valence electrons. The Morgan fingerprint density at radius 1 is 1.27 bits per heavy atom. The van der Waals surface area contributed by atoms with Crippen LogP contribution in [0.4, 0.5) is 0 Å². The van der Waals surface area contributed by atoms with Gasteiger partial charge in [0.1, 0.15) is 6.61 Å². The molecule has 1 aromatic carbocycles. The SMILES string of the molecule is O=P(O)(O)Oc1ccccc1OCCCl. The maximum Gasteiger partial charge on any atom is 0.524 e. The summed E-state index contributed by atoms with van der Waals surface area (Å²) >= 11 is 5.42. The molecule has 0 heterocycles. The van der Waals surface area contributed by atoms with Crippen LogP contribution in [0.5, 0.6) is 11.5 Å². The van der Waals surface area contributed by atoms with E-state index in [9.17, 15) is 4.57 Å². The van der Waals surface area contributed by atoms with E-state index in [1.807, 2.05) is 0 Å². The summed E-state index contributed by atoms with van der Waals surface area (Å²) in [7, 11) is -4.56. The van der Waals surface area contributed by atoms with Crippen LogP contribution in [-0.2, 0) is 4.57 Å². The fourth-order valence-electron chi connectivity index (χ4n) is 0.921. The van der Waals surface area contributed by atoms with Crippen LogP contribution in [0.3, 0.4) is 0 Å². The van der Waals surface area contributed by atoms with Crippen molar-refractivity contribution in [2.45, 2.75) is 0 Å². The molecule has 0 atom stereocenters. The lowest BCUT2D eigenvalue weighted by Crippen LogP contribution is -2.00. The van der Waals surface area contributed by atoms with Crippen LogP contribution >= 0.6 is 19.4 Å². The lowest BCUT2D eigenvalue weighted by atomic mass is 10.3. The van der Waals surface area contributed by atoms with Gasteiger partial charge in [0.05, 0.1) is 5.88 Å². The van der Waals surface area contributed by atoms with Gasteiger partial charge in [0.15, 0.2) is 11.5 Å². The third kappa shape index (κ3) is 4.53. The van der Waals surface area contributed by atoms with E-state index in [1.54, 1.807) is 12.1 Å². The van der Waals surface area contributed by atoms with Crippen LogP contribution in [0.1, 0.15) is 0 Å². The van der Waals surface area contributed by atoms with Crippen LogP contribution in [-0.4, -0.2) is 22.3 Å². The molecule has 2 N–H and O–H groups in total. The van der Waals surface area contributed by atoms with Gasteiger partial charge in [0, 0.05) is 0 Å². The quantitative estimate of drug-likeness (QED) is 0.617. The van der Waals surface area contributed by atoms with Gasteiger partial charge in [-0.25, -0.2) is 4.57 Å². The molecular weight excluding hydrogens is 243 g/mol. The number of rotatable bonds is 5. The second kappa shape index (κ2) is 5.37. The highest BCUT2D eigenvalue weighted by atomic mass is 35.5. The van der Waals surface area contributed by atoms with E-state index in [4.69, 9.17) is 26.1 Å². The molecule has 1 aromatic rings. The van der Waals surface area contributed by atoms with E-state index >= 15 is 0 Å². The van der Waals surface area contributed by atoms with Gasteiger partial charge < -0.3 is 9.26 Å².